The van der Waals surface area contributed by atoms with Gasteiger partial charge in [0.05, 0.1) is 12.4 Å². The number of imidazole rings is 1. The second-order valence-electron chi connectivity index (χ2n) is 7.88. The van der Waals surface area contributed by atoms with E-state index in [-0.39, 0.29) is 29.9 Å². The standard InChI is InChI=1S/C19H30N4O3/c1-15(2)26-12-18(25)22-9-6-19(7-10-22)5-3-17(24)23(13-19)8-4-16-11-20-14-21-16/h11,14-15H,3-10,12-13H2,1-2H3,(H,20,21). The number of aromatic nitrogens is 2. The lowest BCUT2D eigenvalue weighted by atomic mass is 9.72. The predicted octanol–water partition coefficient (Wildman–Crippen LogP) is 1.61. The van der Waals surface area contributed by atoms with Crippen LogP contribution in [0.1, 0.15) is 45.2 Å². The summed E-state index contributed by atoms with van der Waals surface area (Å²) in [5.74, 6) is 0.329. The van der Waals surface area contributed by atoms with E-state index in [9.17, 15) is 9.59 Å². The van der Waals surface area contributed by atoms with Crippen LogP contribution in [0.3, 0.4) is 0 Å². The van der Waals surface area contributed by atoms with Gasteiger partial charge in [0.2, 0.25) is 11.8 Å². The van der Waals surface area contributed by atoms with Crippen molar-refractivity contribution in [1.29, 1.82) is 0 Å². The Morgan fingerprint density at radius 3 is 2.77 bits per heavy atom. The number of hydrogen-bond donors (Lipinski definition) is 1. The molecule has 26 heavy (non-hydrogen) atoms. The van der Waals surface area contributed by atoms with Gasteiger partial charge in [-0.05, 0) is 38.5 Å². The zero-order chi connectivity index (χ0) is 18.6. The van der Waals surface area contributed by atoms with Gasteiger partial charge in [0.1, 0.15) is 6.61 Å². The Morgan fingerprint density at radius 1 is 1.35 bits per heavy atom. The largest absolute Gasteiger partial charge is 0.369 e. The van der Waals surface area contributed by atoms with Gasteiger partial charge in [0, 0.05) is 50.9 Å². The molecule has 2 aliphatic rings. The highest BCUT2D eigenvalue weighted by molar-refractivity contribution is 5.78. The average molecular weight is 362 g/mol. The van der Waals surface area contributed by atoms with Crippen molar-refractivity contribution >= 4 is 11.8 Å². The van der Waals surface area contributed by atoms with Gasteiger partial charge in [-0.1, -0.05) is 0 Å². The van der Waals surface area contributed by atoms with E-state index in [2.05, 4.69) is 9.97 Å². The van der Waals surface area contributed by atoms with E-state index in [4.69, 9.17) is 4.74 Å². The van der Waals surface area contributed by atoms with E-state index in [1.165, 1.54) is 0 Å². The van der Waals surface area contributed by atoms with Crippen molar-refractivity contribution in [1.82, 2.24) is 19.8 Å². The lowest BCUT2D eigenvalue weighted by Crippen LogP contribution is -2.53. The lowest BCUT2D eigenvalue weighted by molar-refractivity contribution is -0.145. The quantitative estimate of drug-likeness (QED) is 0.834. The number of nitrogens with zero attached hydrogens (tertiary/aromatic N) is 3. The van der Waals surface area contributed by atoms with Crippen molar-refractivity contribution in [3.63, 3.8) is 0 Å². The van der Waals surface area contributed by atoms with Crippen LogP contribution in [0.25, 0.3) is 0 Å². The minimum absolute atomic E-state index is 0.0721. The Bertz CT molecular complexity index is 606. The first-order valence-corrected chi connectivity index (χ1v) is 9.62. The number of nitrogens with one attached hydrogen (secondary N) is 1. The SMILES string of the molecule is CC(C)OCC(=O)N1CCC2(CCC(=O)N(CCc3cnc[nH]3)C2)CC1. The molecule has 0 aliphatic carbocycles. The lowest BCUT2D eigenvalue weighted by Gasteiger charge is -2.47. The van der Waals surface area contributed by atoms with Crippen LogP contribution in [0.2, 0.25) is 0 Å². The fourth-order valence-corrected chi connectivity index (χ4v) is 3.95. The third-order valence-corrected chi connectivity index (χ3v) is 5.67. The fourth-order valence-electron chi connectivity index (χ4n) is 3.95. The Balaban J connectivity index is 1.51. The smallest absolute Gasteiger partial charge is 0.248 e. The van der Waals surface area contributed by atoms with Crippen molar-refractivity contribution in [2.45, 2.75) is 52.1 Å². The summed E-state index contributed by atoms with van der Waals surface area (Å²) in [4.78, 5) is 35.6. The molecule has 7 nitrogen and oxygen atoms in total. The summed E-state index contributed by atoms with van der Waals surface area (Å²) in [6.07, 6.45) is 7.85. The fraction of sp³-hybridized carbons (Fsp3) is 0.737. The summed E-state index contributed by atoms with van der Waals surface area (Å²) in [6, 6.07) is 0. The Labute approximate surface area is 155 Å². The van der Waals surface area contributed by atoms with Crippen LogP contribution in [-0.4, -0.2) is 70.5 Å². The third-order valence-electron chi connectivity index (χ3n) is 5.67. The molecular formula is C19H30N4O3. The molecule has 2 saturated heterocycles. The van der Waals surface area contributed by atoms with E-state index in [1.54, 1.807) is 6.33 Å². The summed E-state index contributed by atoms with van der Waals surface area (Å²) in [7, 11) is 0. The van der Waals surface area contributed by atoms with Gasteiger partial charge in [0.15, 0.2) is 0 Å². The number of carbonyl (C=O) groups excluding carboxylic acids is 2. The second kappa shape index (κ2) is 8.20. The Kier molecular flexibility index (Phi) is 5.96. The number of hydrogen-bond acceptors (Lipinski definition) is 4. The van der Waals surface area contributed by atoms with Crippen LogP contribution in [0.5, 0.6) is 0 Å². The van der Waals surface area contributed by atoms with E-state index < -0.39 is 0 Å². The maximum Gasteiger partial charge on any atom is 0.248 e. The van der Waals surface area contributed by atoms with Crippen LogP contribution in [0.4, 0.5) is 0 Å². The zero-order valence-corrected chi connectivity index (χ0v) is 15.9. The zero-order valence-electron chi connectivity index (χ0n) is 15.9. The molecule has 0 radical (unpaired) electrons. The number of rotatable bonds is 6. The molecule has 1 spiro atoms. The van der Waals surface area contributed by atoms with Crippen LogP contribution in [0.15, 0.2) is 12.5 Å². The second-order valence-corrected chi connectivity index (χ2v) is 7.88. The highest BCUT2D eigenvalue weighted by Crippen LogP contribution is 2.40. The van der Waals surface area contributed by atoms with Gasteiger partial charge in [-0.25, -0.2) is 4.98 Å². The molecule has 0 atom stereocenters. The number of amides is 2. The van der Waals surface area contributed by atoms with Crippen LogP contribution in [0, 0.1) is 5.41 Å². The molecule has 144 valence electrons. The number of carbonyl (C=O) groups is 2. The monoisotopic (exact) mass is 362 g/mol. The molecule has 0 saturated carbocycles. The van der Waals surface area contributed by atoms with E-state index in [0.29, 0.717) is 6.42 Å². The molecule has 1 N–H and O–H groups in total. The normalized spacial score (nSPS) is 20.2. The van der Waals surface area contributed by atoms with Crippen LogP contribution < -0.4 is 0 Å². The number of likely N-dealkylation sites (tertiary alicyclic amines) is 2. The van der Waals surface area contributed by atoms with Crippen molar-refractivity contribution in [3.8, 4) is 0 Å². The molecule has 3 heterocycles. The van der Waals surface area contributed by atoms with Gasteiger partial charge in [0.25, 0.3) is 0 Å². The van der Waals surface area contributed by atoms with Crippen LogP contribution >= 0.6 is 0 Å². The Hall–Kier alpha value is -1.89. The Morgan fingerprint density at radius 2 is 2.12 bits per heavy atom. The molecule has 0 unspecified atom stereocenters. The molecule has 1 aromatic rings. The van der Waals surface area contributed by atoms with Crippen molar-refractivity contribution in [2.75, 3.05) is 32.8 Å². The van der Waals surface area contributed by atoms with E-state index >= 15 is 0 Å². The molecule has 3 rings (SSSR count). The number of H-pyrrole nitrogens is 1. The summed E-state index contributed by atoms with van der Waals surface area (Å²) >= 11 is 0. The van der Waals surface area contributed by atoms with Crippen molar-refractivity contribution < 1.29 is 14.3 Å². The van der Waals surface area contributed by atoms with Gasteiger partial charge in [-0.15, -0.1) is 0 Å². The maximum absolute atomic E-state index is 12.3. The predicted molar refractivity (Wildman–Crippen MR) is 97.4 cm³/mol. The van der Waals surface area contributed by atoms with Gasteiger partial charge in [-0.2, -0.15) is 0 Å². The summed E-state index contributed by atoms with van der Waals surface area (Å²) in [5.41, 5.74) is 1.22. The topological polar surface area (TPSA) is 78.5 Å². The minimum atomic E-state index is 0.0721. The van der Waals surface area contributed by atoms with Crippen LogP contribution in [-0.2, 0) is 20.7 Å². The highest BCUT2D eigenvalue weighted by atomic mass is 16.5. The first-order valence-electron chi connectivity index (χ1n) is 9.62. The molecular weight excluding hydrogens is 332 g/mol. The minimum Gasteiger partial charge on any atom is -0.369 e. The molecule has 7 heteroatoms. The number of aromatic amines is 1. The van der Waals surface area contributed by atoms with E-state index in [1.807, 2.05) is 29.8 Å². The number of piperidine rings is 2. The molecule has 2 fully saturated rings. The molecule has 1 aromatic heterocycles. The number of ether oxygens (including phenoxy) is 1. The highest BCUT2D eigenvalue weighted by Gasteiger charge is 2.41. The van der Waals surface area contributed by atoms with Crippen molar-refractivity contribution in [3.05, 3.63) is 18.2 Å². The van der Waals surface area contributed by atoms with Gasteiger partial charge in [-0.3, -0.25) is 9.59 Å². The van der Waals surface area contributed by atoms with Crippen molar-refractivity contribution in [2.24, 2.45) is 5.41 Å². The first kappa shape index (κ1) is 18.9. The first-order chi connectivity index (χ1) is 12.5. The molecule has 2 amide bonds. The van der Waals surface area contributed by atoms with E-state index in [0.717, 1.165) is 57.6 Å². The average Bonchev–Trinajstić information content (AvgIpc) is 3.15. The molecule has 0 bridgehead atoms. The summed E-state index contributed by atoms with van der Waals surface area (Å²) in [6.45, 7) is 7.12. The summed E-state index contributed by atoms with van der Waals surface area (Å²) in [5, 5.41) is 0. The van der Waals surface area contributed by atoms with Gasteiger partial charge < -0.3 is 19.5 Å². The third kappa shape index (κ3) is 4.63. The molecule has 0 aromatic carbocycles. The molecule has 2 aliphatic heterocycles. The summed E-state index contributed by atoms with van der Waals surface area (Å²) < 4.78 is 5.44. The van der Waals surface area contributed by atoms with Gasteiger partial charge >= 0.3 is 0 Å². The maximum atomic E-state index is 12.3.